The zero-order valence-electron chi connectivity index (χ0n) is 23.1. The zero-order chi connectivity index (χ0) is 29.4. The van der Waals surface area contributed by atoms with Gasteiger partial charge in [0.25, 0.3) is 0 Å². The van der Waals surface area contributed by atoms with Gasteiger partial charge in [-0.05, 0) is 49.2 Å². The third-order valence-electron chi connectivity index (χ3n) is 6.68. The van der Waals surface area contributed by atoms with Gasteiger partial charge in [0, 0.05) is 30.0 Å². The highest BCUT2D eigenvalue weighted by molar-refractivity contribution is 9.10. The van der Waals surface area contributed by atoms with Crippen LogP contribution in [0.2, 0.25) is 0 Å². The standard InChI is InChI=1S/C30H34BrN3O6S/c1-3-32-30(36)26(18-22-8-6-5-7-9-22)33(20-23-10-12-24(31)13-11-23)29(35)21-34(41(37,38)4-2)25-14-15-27-28(19-25)40-17-16-39-27/h5-15,19,26H,3-4,16-18,20-21H2,1-2H3,(H,32,36)/t26-/m1/s1. The first-order valence-corrected chi connectivity index (χ1v) is 15.9. The molecule has 3 aromatic carbocycles. The molecule has 41 heavy (non-hydrogen) atoms. The highest BCUT2D eigenvalue weighted by Gasteiger charge is 2.33. The second-order valence-electron chi connectivity index (χ2n) is 9.48. The van der Waals surface area contributed by atoms with E-state index in [0.717, 1.165) is 19.9 Å². The van der Waals surface area contributed by atoms with Crippen LogP contribution in [-0.2, 0) is 32.6 Å². The lowest BCUT2D eigenvalue weighted by molar-refractivity contribution is -0.140. The van der Waals surface area contributed by atoms with E-state index in [0.29, 0.717) is 31.3 Å². The number of amides is 2. The molecule has 1 N–H and O–H groups in total. The van der Waals surface area contributed by atoms with Gasteiger partial charge < -0.3 is 19.7 Å². The molecule has 0 fully saturated rings. The monoisotopic (exact) mass is 643 g/mol. The molecule has 0 bridgehead atoms. The number of benzene rings is 3. The second kappa shape index (κ2) is 13.9. The van der Waals surface area contributed by atoms with Gasteiger partial charge >= 0.3 is 0 Å². The molecule has 11 heteroatoms. The summed E-state index contributed by atoms with van der Waals surface area (Å²) in [7, 11) is -3.88. The van der Waals surface area contributed by atoms with Gasteiger partial charge in [-0.3, -0.25) is 13.9 Å². The summed E-state index contributed by atoms with van der Waals surface area (Å²) in [5.41, 5.74) is 1.96. The first kappa shape index (κ1) is 30.4. The Hall–Kier alpha value is -3.57. The Morgan fingerprint density at radius 3 is 2.27 bits per heavy atom. The number of nitrogens with zero attached hydrogens (tertiary/aromatic N) is 2. The topological polar surface area (TPSA) is 105 Å². The molecule has 0 unspecified atom stereocenters. The van der Waals surface area contributed by atoms with E-state index in [-0.39, 0.29) is 30.3 Å². The minimum Gasteiger partial charge on any atom is -0.486 e. The van der Waals surface area contributed by atoms with Gasteiger partial charge in [-0.25, -0.2) is 8.42 Å². The summed E-state index contributed by atoms with van der Waals surface area (Å²) >= 11 is 3.43. The molecular weight excluding hydrogens is 610 g/mol. The van der Waals surface area contributed by atoms with Crippen molar-refractivity contribution in [3.05, 3.63) is 88.4 Å². The van der Waals surface area contributed by atoms with E-state index in [2.05, 4.69) is 21.2 Å². The van der Waals surface area contributed by atoms with Crippen molar-refractivity contribution in [3.63, 3.8) is 0 Å². The number of ether oxygens (including phenoxy) is 2. The van der Waals surface area contributed by atoms with Gasteiger partial charge in [-0.15, -0.1) is 0 Å². The van der Waals surface area contributed by atoms with Crippen molar-refractivity contribution < 1.29 is 27.5 Å². The second-order valence-corrected chi connectivity index (χ2v) is 12.6. The first-order valence-electron chi connectivity index (χ1n) is 13.5. The van der Waals surface area contributed by atoms with Crippen LogP contribution >= 0.6 is 15.9 Å². The van der Waals surface area contributed by atoms with Crippen LogP contribution in [0, 0.1) is 0 Å². The Morgan fingerprint density at radius 1 is 0.927 bits per heavy atom. The molecule has 0 aliphatic carbocycles. The summed E-state index contributed by atoms with van der Waals surface area (Å²) in [6.07, 6.45) is 0.263. The van der Waals surface area contributed by atoms with E-state index < -0.39 is 28.5 Å². The number of carbonyl (C=O) groups is 2. The molecule has 0 saturated carbocycles. The largest absolute Gasteiger partial charge is 0.486 e. The van der Waals surface area contributed by atoms with Gasteiger partial charge in [0.2, 0.25) is 21.8 Å². The number of likely N-dealkylation sites (N-methyl/N-ethyl adjacent to an activating group) is 1. The van der Waals surface area contributed by atoms with Gasteiger partial charge in [0.05, 0.1) is 11.4 Å². The van der Waals surface area contributed by atoms with E-state index in [1.807, 2.05) is 61.5 Å². The summed E-state index contributed by atoms with van der Waals surface area (Å²) < 4.78 is 39.8. The van der Waals surface area contributed by atoms with Crippen molar-refractivity contribution in [2.75, 3.05) is 36.4 Å². The van der Waals surface area contributed by atoms with Gasteiger partial charge in [-0.2, -0.15) is 0 Å². The maximum atomic E-state index is 14.2. The molecule has 1 aliphatic rings. The lowest BCUT2D eigenvalue weighted by atomic mass is 10.0. The van der Waals surface area contributed by atoms with Crippen LogP contribution in [0.4, 0.5) is 5.69 Å². The fraction of sp³-hybridized carbons (Fsp3) is 0.333. The van der Waals surface area contributed by atoms with E-state index in [1.54, 1.807) is 18.2 Å². The Bertz CT molecular complexity index is 1450. The molecule has 0 spiro atoms. The van der Waals surface area contributed by atoms with E-state index >= 15 is 0 Å². The number of fused-ring (bicyclic) bond motifs is 1. The van der Waals surface area contributed by atoms with Crippen molar-refractivity contribution in [2.45, 2.75) is 32.9 Å². The number of hydrogen-bond acceptors (Lipinski definition) is 6. The third-order valence-corrected chi connectivity index (χ3v) is 8.95. The normalized spacial score (nSPS) is 13.2. The third kappa shape index (κ3) is 7.80. The molecule has 1 aliphatic heterocycles. The average Bonchev–Trinajstić information content (AvgIpc) is 2.98. The highest BCUT2D eigenvalue weighted by Crippen LogP contribution is 2.35. The predicted molar refractivity (Wildman–Crippen MR) is 162 cm³/mol. The molecule has 0 radical (unpaired) electrons. The summed E-state index contributed by atoms with van der Waals surface area (Å²) in [6, 6.07) is 20.8. The Morgan fingerprint density at radius 2 is 1.61 bits per heavy atom. The van der Waals surface area contributed by atoms with Gasteiger partial charge in [0.1, 0.15) is 25.8 Å². The minimum atomic E-state index is -3.88. The highest BCUT2D eigenvalue weighted by atomic mass is 79.9. The Balaban J connectivity index is 1.73. The lowest BCUT2D eigenvalue weighted by Crippen LogP contribution is -2.53. The molecule has 3 aromatic rings. The van der Waals surface area contributed by atoms with Crippen molar-refractivity contribution >= 4 is 43.5 Å². The number of sulfonamides is 1. The fourth-order valence-electron chi connectivity index (χ4n) is 4.54. The molecule has 4 rings (SSSR count). The van der Waals surface area contributed by atoms with Crippen LogP contribution in [0.25, 0.3) is 0 Å². The van der Waals surface area contributed by atoms with Gasteiger partial charge in [0.15, 0.2) is 11.5 Å². The minimum absolute atomic E-state index is 0.113. The molecule has 218 valence electrons. The first-order chi connectivity index (χ1) is 19.7. The maximum Gasteiger partial charge on any atom is 0.244 e. The molecule has 2 amide bonds. The Labute approximate surface area is 249 Å². The van der Waals surface area contributed by atoms with Crippen LogP contribution < -0.4 is 19.1 Å². The van der Waals surface area contributed by atoms with E-state index in [1.165, 1.54) is 11.8 Å². The quantitative estimate of drug-likeness (QED) is 0.318. The smallest absolute Gasteiger partial charge is 0.244 e. The van der Waals surface area contributed by atoms with Crippen molar-refractivity contribution in [1.29, 1.82) is 0 Å². The number of carbonyl (C=O) groups excluding carboxylic acids is 2. The molecule has 0 saturated heterocycles. The number of rotatable bonds is 12. The van der Waals surface area contributed by atoms with Crippen molar-refractivity contribution in [3.8, 4) is 11.5 Å². The molecule has 1 heterocycles. The fourth-order valence-corrected chi connectivity index (χ4v) is 5.86. The molecule has 1 atom stereocenters. The molecule has 0 aromatic heterocycles. The van der Waals surface area contributed by atoms with Gasteiger partial charge in [-0.1, -0.05) is 58.4 Å². The number of hydrogen-bond donors (Lipinski definition) is 1. The van der Waals surface area contributed by atoms with Crippen LogP contribution in [0.15, 0.2) is 77.3 Å². The van der Waals surface area contributed by atoms with Crippen LogP contribution in [0.3, 0.4) is 0 Å². The number of nitrogens with one attached hydrogen (secondary N) is 1. The lowest BCUT2D eigenvalue weighted by Gasteiger charge is -2.34. The zero-order valence-corrected chi connectivity index (χ0v) is 25.5. The maximum absolute atomic E-state index is 14.2. The van der Waals surface area contributed by atoms with Crippen molar-refractivity contribution in [1.82, 2.24) is 10.2 Å². The molecular formula is C30H34BrN3O6S. The van der Waals surface area contributed by atoms with Crippen LogP contribution in [-0.4, -0.2) is 63.2 Å². The summed E-state index contributed by atoms with van der Waals surface area (Å²) in [6.45, 7) is 4.09. The molecule has 9 nitrogen and oxygen atoms in total. The number of halogens is 1. The number of anilines is 1. The Kier molecular flexibility index (Phi) is 10.3. The van der Waals surface area contributed by atoms with Crippen LogP contribution in [0.5, 0.6) is 11.5 Å². The SMILES string of the molecule is CCNC(=O)[C@@H](Cc1ccccc1)N(Cc1ccc(Br)cc1)C(=O)CN(c1ccc2c(c1)OCCO2)S(=O)(=O)CC. The van der Waals surface area contributed by atoms with Crippen LogP contribution in [0.1, 0.15) is 25.0 Å². The van der Waals surface area contributed by atoms with Crippen molar-refractivity contribution in [2.24, 2.45) is 0 Å². The summed E-state index contributed by atoms with van der Waals surface area (Å²) in [4.78, 5) is 29.1. The van der Waals surface area contributed by atoms with E-state index in [4.69, 9.17) is 9.47 Å². The summed E-state index contributed by atoms with van der Waals surface area (Å²) in [5.74, 6) is -0.117. The average molecular weight is 645 g/mol. The summed E-state index contributed by atoms with van der Waals surface area (Å²) in [5, 5.41) is 2.85. The van der Waals surface area contributed by atoms with E-state index in [9.17, 15) is 18.0 Å². The predicted octanol–water partition coefficient (Wildman–Crippen LogP) is 4.15.